The second-order valence-corrected chi connectivity index (χ2v) is 3.72. The standard InChI is InChI=1S/C8H15N3O/c1-8(2,3)12-5-6-4-7(9)11-10-6/h4H,5H2,1-3H3,(H3,9,10,11). The van der Waals surface area contributed by atoms with Crippen LogP contribution in [0.2, 0.25) is 0 Å². The Morgan fingerprint density at radius 2 is 2.25 bits per heavy atom. The van der Waals surface area contributed by atoms with Crippen LogP contribution < -0.4 is 5.73 Å². The second kappa shape index (κ2) is 3.15. The van der Waals surface area contributed by atoms with Crippen molar-refractivity contribution in [2.75, 3.05) is 5.73 Å². The Morgan fingerprint density at radius 3 is 2.67 bits per heavy atom. The van der Waals surface area contributed by atoms with Crippen LogP contribution >= 0.6 is 0 Å². The van der Waals surface area contributed by atoms with E-state index < -0.39 is 0 Å². The third kappa shape index (κ3) is 2.92. The third-order valence-electron chi connectivity index (χ3n) is 1.31. The molecule has 0 fully saturated rings. The molecule has 0 saturated heterocycles. The summed E-state index contributed by atoms with van der Waals surface area (Å²) >= 11 is 0. The number of nitrogen functional groups attached to an aromatic ring is 1. The number of aromatic amines is 1. The Hall–Kier alpha value is -1.03. The zero-order valence-corrected chi connectivity index (χ0v) is 7.72. The van der Waals surface area contributed by atoms with Gasteiger partial charge in [-0.25, -0.2) is 0 Å². The first kappa shape index (κ1) is 9.06. The highest BCUT2D eigenvalue weighted by molar-refractivity contribution is 5.27. The van der Waals surface area contributed by atoms with Gasteiger partial charge < -0.3 is 10.5 Å². The molecule has 0 aliphatic carbocycles. The Bertz CT molecular complexity index is 249. The minimum absolute atomic E-state index is 0.125. The zero-order valence-electron chi connectivity index (χ0n) is 7.72. The SMILES string of the molecule is CC(C)(C)OCc1cc(N)n[nH]1. The smallest absolute Gasteiger partial charge is 0.145 e. The minimum Gasteiger partial charge on any atom is -0.382 e. The van der Waals surface area contributed by atoms with Crippen molar-refractivity contribution in [1.82, 2.24) is 10.2 Å². The van der Waals surface area contributed by atoms with Gasteiger partial charge in [0.05, 0.1) is 17.9 Å². The van der Waals surface area contributed by atoms with E-state index in [1.165, 1.54) is 0 Å². The Labute approximate surface area is 72.1 Å². The Morgan fingerprint density at radius 1 is 1.58 bits per heavy atom. The maximum absolute atomic E-state index is 5.50. The van der Waals surface area contributed by atoms with Crippen molar-refractivity contribution in [1.29, 1.82) is 0 Å². The third-order valence-corrected chi connectivity index (χ3v) is 1.31. The number of hydrogen-bond donors (Lipinski definition) is 2. The molecule has 1 rings (SSSR count). The van der Waals surface area contributed by atoms with Gasteiger partial charge >= 0.3 is 0 Å². The summed E-state index contributed by atoms with van der Waals surface area (Å²) < 4.78 is 5.50. The molecule has 1 aromatic heterocycles. The quantitative estimate of drug-likeness (QED) is 0.701. The molecule has 0 atom stereocenters. The van der Waals surface area contributed by atoms with Gasteiger partial charge in [-0.1, -0.05) is 0 Å². The minimum atomic E-state index is -0.125. The van der Waals surface area contributed by atoms with Crippen LogP contribution in [-0.4, -0.2) is 15.8 Å². The van der Waals surface area contributed by atoms with E-state index in [0.717, 1.165) is 5.69 Å². The first-order valence-electron chi connectivity index (χ1n) is 3.91. The predicted octanol–water partition coefficient (Wildman–Crippen LogP) is 1.31. The summed E-state index contributed by atoms with van der Waals surface area (Å²) in [5.41, 5.74) is 6.20. The molecule has 4 heteroatoms. The van der Waals surface area contributed by atoms with Gasteiger partial charge in [-0.15, -0.1) is 0 Å². The van der Waals surface area contributed by atoms with Crippen molar-refractivity contribution in [2.45, 2.75) is 33.0 Å². The summed E-state index contributed by atoms with van der Waals surface area (Å²) in [4.78, 5) is 0. The molecule has 3 N–H and O–H groups in total. The number of anilines is 1. The first-order chi connectivity index (χ1) is 5.47. The fourth-order valence-corrected chi connectivity index (χ4v) is 0.748. The summed E-state index contributed by atoms with van der Waals surface area (Å²) in [6, 6.07) is 1.77. The highest BCUT2D eigenvalue weighted by Crippen LogP contribution is 2.11. The van der Waals surface area contributed by atoms with E-state index in [2.05, 4.69) is 10.2 Å². The summed E-state index contributed by atoms with van der Waals surface area (Å²) in [6.45, 7) is 6.54. The molecule has 0 aliphatic rings. The molecule has 0 saturated carbocycles. The number of nitrogens with one attached hydrogen (secondary N) is 1. The van der Waals surface area contributed by atoms with Crippen LogP contribution in [0.15, 0.2) is 6.07 Å². The molecular formula is C8H15N3O. The van der Waals surface area contributed by atoms with E-state index in [1.54, 1.807) is 6.07 Å². The van der Waals surface area contributed by atoms with E-state index in [4.69, 9.17) is 10.5 Å². The summed E-state index contributed by atoms with van der Waals surface area (Å²) in [7, 11) is 0. The van der Waals surface area contributed by atoms with Gasteiger partial charge in [-0.2, -0.15) is 5.10 Å². The maximum atomic E-state index is 5.50. The van der Waals surface area contributed by atoms with Gasteiger partial charge in [-0.05, 0) is 20.8 Å². The molecule has 68 valence electrons. The van der Waals surface area contributed by atoms with Gasteiger partial charge in [0.15, 0.2) is 0 Å². The number of H-pyrrole nitrogens is 1. The van der Waals surface area contributed by atoms with Gasteiger partial charge in [0.2, 0.25) is 0 Å². The lowest BCUT2D eigenvalue weighted by Crippen LogP contribution is -2.18. The van der Waals surface area contributed by atoms with Crippen molar-refractivity contribution >= 4 is 5.82 Å². The maximum Gasteiger partial charge on any atom is 0.145 e. The van der Waals surface area contributed by atoms with Gasteiger partial charge in [0, 0.05) is 6.07 Å². The lowest BCUT2D eigenvalue weighted by molar-refractivity contribution is -0.0164. The molecule has 0 spiro atoms. The number of rotatable bonds is 2. The molecule has 12 heavy (non-hydrogen) atoms. The Balaban J connectivity index is 2.44. The van der Waals surface area contributed by atoms with Crippen molar-refractivity contribution in [2.24, 2.45) is 0 Å². The monoisotopic (exact) mass is 169 g/mol. The molecule has 4 nitrogen and oxygen atoms in total. The van der Waals surface area contributed by atoms with Crippen LogP contribution in [0.3, 0.4) is 0 Å². The number of ether oxygens (including phenoxy) is 1. The molecule has 0 amide bonds. The molecule has 0 bridgehead atoms. The van der Waals surface area contributed by atoms with Gasteiger partial charge in [0.1, 0.15) is 5.82 Å². The van der Waals surface area contributed by atoms with Crippen LogP contribution in [0.25, 0.3) is 0 Å². The van der Waals surface area contributed by atoms with E-state index in [0.29, 0.717) is 12.4 Å². The second-order valence-electron chi connectivity index (χ2n) is 3.72. The van der Waals surface area contributed by atoms with Crippen molar-refractivity contribution in [3.05, 3.63) is 11.8 Å². The highest BCUT2D eigenvalue weighted by atomic mass is 16.5. The molecule has 1 heterocycles. The van der Waals surface area contributed by atoms with Gasteiger partial charge in [-0.3, -0.25) is 5.10 Å². The molecule has 0 radical (unpaired) electrons. The lowest BCUT2D eigenvalue weighted by Gasteiger charge is -2.18. The number of hydrogen-bond acceptors (Lipinski definition) is 3. The zero-order chi connectivity index (χ0) is 9.19. The van der Waals surface area contributed by atoms with E-state index >= 15 is 0 Å². The van der Waals surface area contributed by atoms with Crippen molar-refractivity contribution < 1.29 is 4.74 Å². The fourth-order valence-electron chi connectivity index (χ4n) is 0.748. The van der Waals surface area contributed by atoms with E-state index in [1.807, 2.05) is 20.8 Å². The highest BCUT2D eigenvalue weighted by Gasteiger charge is 2.10. The summed E-state index contributed by atoms with van der Waals surface area (Å²) in [5.74, 6) is 0.502. The summed E-state index contributed by atoms with van der Waals surface area (Å²) in [5, 5.41) is 6.57. The van der Waals surface area contributed by atoms with Gasteiger partial charge in [0.25, 0.3) is 0 Å². The molecule has 0 aliphatic heterocycles. The molecule has 0 aromatic carbocycles. The van der Waals surface area contributed by atoms with Crippen LogP contribution in [0.4, 0.5) is 5.82 Å². The molecule has 1 aromatic rings. The fraction of sp³-hybridized carbons (Fsp3) is 0.625. The number of nitrogens with two attached hydrogens (primary N) is 1. The van der Waals surface area contributed by atoms with Crippen LogP contribution in [-0.2, 0) is 11.3 Å². The first-order valence-corrected chi connectivity index (χ1v) is 3.91. The van der Waals surface area contributed by atoms with E-state index in [-0.39, 0.29) is 5.60 Å². The van der Waals surface area contributed by atoms with Crippen LogP contribution in [0.1, 0.15) is 26.5 Å². The van der Waals surface area contributed by atoms with E-state index in [9.17, 15) is 0 Å². The van der Waals surface area contributed by atoms with Crippen molar-refractivity contribution in [3.8, 4) is 0 Å². The predicted molar refractivity (Wildman–Crippen MR) is 47.5 cm³/mol. The Kier molecular flexibility index (Phi) is 2.38. The van der Waals surface area contributed by atoms with Crippen LogP contribution in [0, 0.1) is 0 Å². The molecule has 0 unspecified atom stereocenters. The number of aromatic nitrogens is 2. The van der Waals surface area contributed by atoms with Crippen molar-refractivity contribution in [3.63, 3.8) is 0 Å². The number of nitrogens with zero attached hydrogens (tertiary/aromatic N) is 1. The topological polar surface area (TPSA) is 63.9 Å². The summed E-state index contributed by atoms with van der Waals surface area (Å²) in [6.07, 6.45) is 0. The normalized spacial score (nSPS) is 11.9. The van der Waals surface area contributed by atoms with Crippen LogP contribution in [0.5, 0.6) is 0 Å². The average molecular weight is 169 g/mol. The average Bonchev–Trinajstić information content (AvgIpc) is 2.30. The lowest BCUT2D eigenvalue weighted by atomic mass is 10.2. The molecular weight excluding hydrogens is 154 g/mol. The largest absolute Gasteiger partial charge is 0.382 e.